The Labute approximate surface area is 124 Å². The van der Waals surface area contributed by atoms with Crippen molar-refractivity contribution in [1.82, 2.24) is 10.6 Å². The summed E-state index contributed by atoms with van der Waals surface area (Å²) in [6.07, 6.45) is 0. The van der Waals surface area contributed by atoms with Gasteiger partial charge in [-0.25, -0.2) is 14.0 Å². The molecule has 7 nitrogen and oxygen atoms in total. The van der Waals surface area contributed by atoms with E-state index >= 15 is 0 Å². The number of halogens is 1. The highest BCUT2D eigenvalue weighted by atomic mass is 19.1. The van der Waals surface area contributed by atoms with Crippen molar-refractivity contribution in [3.05, 3.63) is 35.3 Å². The number of furan rings is 1. The zero-order valence-electron chi connectivity index (χ0n) is 11.9. The first-order valence-corrected chi connectivity index (χ1v) is 6.30. The van der Waals surface area contributed by atoms with Crippen LogP contribution < -0.4 is 10.6 Å². The molecule has 0 unspecified atom stereocenters. The van der Waals surface area contributed by atoms with Crippen LogP contribution in [0.5, 0.6) is 0 Å². The van der Waals surface area contributed by atoms with E-state index in [4.69, 9.17) is 9.15 Å². The van der Waals surface area contributed by atoms with Crippen molar-refractivity contribution in [3.8, 4) is 0 Å². The number of aryl methyl sites for hydroxylation is 1. The fraction of sp³-hybridized carbons (Fsp3) is 0.214. The minimum Gasteiger partial charge on any atom is -0.450 e. The van der Waals surface area contributed by atoms with Gasteiger partial charge in [-0.15, -0.1) is 0 Å². The van der Waals surface area contributed by atoms with Crippen molar-refractivity contribution in [3.63, 3.8) is 0 Å². The van der Waals surface area contributed by atoms with E-state index < -0.39 is 30.3 Å². The van der Waals surface area contributed by atoms with Crippen molar-refractivity contribution in [2.45, 2.75) is 6.92 Å². The summed E-state index contributed by atoms with van der Waals surface area (Å²) >= 11 is 0. The Kier molecular flexibility index (Phi) is 4.40. The lowest BCUT2D eigenvalue weighted by Crippen LogP contribution is -2.39. The number of para-hydroxylation sites is 1. The molecule has 0 aliphatic carbocycles. The van der Waals surface area contributed by atoms with Crippen LogP contribution in [0.15, 0.2) is 22.6 Å². The lowest BCUT2D eigenvalue weighted by molar-refractivity contribution is -0.123. The first-order valence-electron chi connectivity index (χ1n) is 6.30. The molecule has 2 aromatic rings. The molecule has 0 atom stereocenters. The number of carbonyl (C=O) groups excluding carboxylic acids is 3. The minimum absolute atomic E-state index is 0.0539. The number of urea groups is 1. The zero-order chi connectivity index (χ0) is 16.3. The van der Waals surface area contributed by atoms with Crippen molar-refractivity contribution in [1.29, 1.82) is 0 Å². The number of nitrogens with one attached hydrogen (secondary N) is 2. The average molecular weight is 308 g/mol. The van der Waals surface area contributed by atoms with E-state index in [2.05, 4.69) is 5.32 Å². The Morgan fingerprint density at radius 3 is 2.68 bits per heavy atom. The Hall–Kier alpha value is -2.90. The maximum absolute atomic E-state index is 13.6. The van der Waals surface area contributed by atoms with Gasteiger partial charge in [0.25, 0.3) is 5.91 Å². The van der Waals surface area contributed by atoms with Gasteiger partial charge >= 0.3 is 12.0 Å². The van der Waals surface area contributed by atoms with Gasteiger partial charge < -0.3 is 14.5 Å². The summed E-state index contributed by atoms with van der Waals surface area (Å²) < 4.78 is 23.5. The van der Waals surface area contributed by atoms with Crippen LogP contribution in [0.1, 0.15) is 16.1 Å². The van der Waals surface area contributed by atoms with Gasteiger partial charge in [0.15, 0.2) is 18.0 Å². The van der Waals surface area contributed by atoms with Crippen molar-refractivity contribution >= 4 is 28.9 Å². The van der Waals surface area contributed by atoms with Gasteiger partial charge in [0.2, 0.25) is 5.76 Å². The number of hydrogen-bond acceptors (Lipinski definition) is 5. The molecule has 0 saturated heterocycles. The van der Waals surface area contributed by atoms with Gasteiger partial charge in [-0.05, 0) is 13.0 Å². The molecule has 0 saturated carbocycles. The van der Waals surface area contributed by atoms with Crippen LogP contribution in [0, 0.1) is 12.7 Å². The normalized spacial score (nSPS) is 10.3. The molecule has 0 aliphatic rings. The first-order chi connectivity index (χ1) is 10.4. The molecule has 2 N–H and O–H groups in total. The molecule has 3 amide bonds. The lowest BCUT2D eigenvalue weighted by Gasteiger charge is -2.04. The third kappa shape index (κ3) is 3.05. The summed E-state index contributed by atoms with van der Waals surface area (Å²) in [5.41, 5.74) is 0.355. The van der Waals surface area contributed by atoms with Gasteiger partial charge in [-0.2, -0.15) is 0 Å². The minimum atomic E-state index is -0.917. The summed E-state index contributed by atoms with van der Waals surface area (Å²) in [5.74, 6) is -2.50. The highest BCUT2D eigenvalue weighted by molar-refractivity contribution is 5.98. The smallest absolute Gasteiger partial charge is 0.375 e. The van der Waals surface area contributed by atoms with Crippen molar-refractivity contribution in [2.75, 3.05) is 13.7 Å². The molecule has 1 heterocycles. The summed E-state index contributed by atoms with van der Waals surface area (Å²) in [6.45, 7) is 0.914. The fourth-order valence-corrected chi connectivity index (χ4v) is 1.83. The number of hydrogen-bond donors (Lipinski definition) is 2. The number of amides is 3. The standard InChI is InChI=1S/C14H13FN2O5/c1-7-8-4-3-5-9(15)12(8)22-11(7)13(19)21-6-10(18)17-14(20)16-2/h3-5H,6H2,1-2H3,(H2,16,17,18,20). The quantitative estimate of drug-likeness (QED) is 0.837. The van der Waals surface area contributed by atoms with E-state index in [1.807, 2.05) is 5.32 Å². The number of benzene rings is 1. The molecule has 0 radical (unpaired) electrons. The second kappa shape index (κ2) is 6.25. The van der Waals surface area contributed by atoms with Gasteiger partial charge in [0.05, 0.1) is 0 Å². The van der Waals surface area contributed by atoms with Crippen LogP contribution in [-0.2, 0) is 9.53 Å². The predicted molar refractivity (Wildman–Crippen MR) is 73.8 cm³/mol. The molecular formula is C14H13FN2O5. The summed E-state index contributed by atoms with van der Waals surface area (Å²) in [6, 6.07) is 3.58. The van der Waals surface area contributed by atoms with Gasteiger partial charge in [-0.3, -0.25) is 10.1 Å². The predicted octanol–water partition coefficient (Wildman–Crippen LogP) is 1.49. The maximum Gasteiger partial charge on any atom is 0.375 e. The van der Waals surface area contributed by atoms with E-state index in [1.54, 1.807) is 13.0 Å². The van der Waals surface area contributed by atoms with E-state index in [9.17, 15) is 18.8 Å². The molecule has 1 aromatic carbocycles. The fourth-order valence-electron chi connectivity index (χ4n) is 1.83. The van der Waals surface area contributed by atoms with Gasteiger partial charge in [0.1, 0.15) is 0 Å². The van der Waals surface area contributed by atoms with E-state index in [-0.39, 0.29) is 11.3 Å². The molecule has 0 spiro atoms. The molecule has 0 fully saturated rings. The zero-order valence-corrected chi connectivity index (χ0v) is 11.9. The second-order valence-electron chi connectivity index (χ2n) is 4.38. The number of esters is 1. The monoisotopic (exact) mass is 308 g/mol. The number of imide groups is 1. The van der Waals surface area contributed by atoms with Crippen LogP contribution >= 0.6 is 0 Å². The van der Waals surface area contributed by atoms with Crippen molar-refractivity contribution in [2.24, 2.45) is 0 Å². The van der Waals surface area contributed by atoms with Crippen LogP contribution in [-0.4, -0.2) is 31.6 Å². The number of ether oxygens (including phenoxy) is 1. The lowest BCUT2D eigenvalue weighted by atomic mass is 10.1. The molecule has 8 heteroatoms. The molecule has 2 rings (SSSR count). The van der Waals surface area contributed by atoms with Crippen LogP contribution in [0.25, 0.3) is 11.0 Å². The number of rotatable bonds is 3. The van der Waals surface area contributed by atoms with Gasteiger partial charge in [0, 0.05) is 18.0 Å². The molecular weight excluding hydrogens is 295 g/mol. The summed E-state index contributed by atoms with van der Waals surface area (Å²) in [5, 5.41) is 4.55. The second-order valence-corrected chi connectivity index (χ2v) is 4.38. The van der Waals surface area contributed by atoms with E-state index in [0.29, 0.717) is 10.9 Å². The first kappa shape index (κ1) is 15.5. The van der Waals surface area contributed by atoms with Crippen LogP contribution in [0.2, 0.25) is 0 Å². The van der Waals surface area contributed by atoms with Crippen LogP contribution in [0.3, 0.4) is 0 Å². The molecule has 0 bridgehead atoms. The van der Waals surface area contributed by atoms with Crippen LogP contribution in [0.4, 0.5) is 9.18 Å². The third-order valence-electron chi connectivity index (χ3n) is 2.92. The topological polar surface area (TPSA) is 97.6 Å². The van der Waals surface area contributed by atoms with E-state index in [0.717, 1.165) is 0 Å². The Morgan fingerprint density at radius 1 is 1.32 bits per heavy atom. The Morgan fingerprint density at radius 2 is 2.05 bits per heavy atom. The van der Waals surface area contributed by atoms with Gasteiger partial charge in [-0.1, -0.05) is 12.1 Å². The maximum atomic E-state index is 13.6. The highest BCUT2D eigenvalue weighted by Crippen LogP contribution is 2.27. The Balaban J connectivity index is 2.10. The Bertz CT molecular complexity index is 753. The average Bonchev–Trinajstić information content (AvgIpc) is 2.83. The number of fused-ring (bicyclic) bond motifs is 1. The SMILES string of the molecule is CNC(=O)NC(=O)COC(=O)c1oc2c(F)cccc2c1C. The molecule has 22 heavy (non-hydrogen) atoms. The largest absolute Gasteiger partial charge is 0.450 e. The van der Waals surface area contributed by atoms with E-state index in [1.165, 1.54) is 19.2 Å². The highest BCUT2D eigenvalue weighted by Gasteiger charge is 2.21. The number of carbonyl (C=O) groups is 3. The molecule has 0 aliphatic heterocycles. The molecule has 1 aromatic heterocycles. The third-order valence-corrected chi connectivity index (χ3v) is 2.92. The van der Waals surface area contributed by atoms with Crippen molar-refractivity contribution < 1.29 is 27.9 Å². The summed E-state index contributed by atoms with van der Waals surface area (Å²) in [4.78, 5) is 34.1. The summed E-state index contributed by atoms with van der Waals surface area (Å²) in [7, 11) is 1.33. The molecule has 116 valence electrons.